The molecule has 2 unspecified atom stereocenters. The summed E-state index contributed by atoms with van der Waals surface area (Å²) in [5.74, 6) is 2.05. The molecule has 1 aliphatic heterocycles. The number of nitrogens with zero attached hydrogens (tertiary/aromatic N) is 3. The number of aromatic nitrogens is 2. The van der Waals surface area contributed by atoms with E-state index in [1.165, 1.54) is 12.8 Å². The maximum Gasteiger partial charge on any atom is 0.225 e. The summed E-state index contributed by atoms with van der Waals surface area (Å²) >= 11 is 0. The molecule has 2 atom stereocenters. The predicted octanol–water partition coefficient (Wildman–Crippen LogP) is 2.73. The first kappa shape index (κ1) is 15.2. The average molecular weight is 276 g/mol. The van der Waals surface area contributed by atoms with Crippen molar-refractivity contribution >= 4 is 5.95 Å². The molecule has 0 bridgehead atoms. The zero-order valence-electron chi connectivity index (χ0n) is 13.5. The van der Waals surface area contributed by atoms with Gasteiger partial charge in [0.1, 0.15) is 0 Å². The van der Waals surface area contributed by atoms with Gasteiger partial charge >= 0.3 is 0 Å². The Hall–Kier alpha value is -1.16. The summed E-state index contributed by atoms with van der Waals surface area (Å²) in [4.78, 5) is 11.8. The van der Waals surface area contributed by atoms with Gasteiger partial charge in [0.05, 0.1) is 0 Å². The Morgan fingerprint density at radius 1 is 1.30 bits per heavy atom. The fourth-order valence-electron chi connectivity index (χ4n) is 2.85. The van der Waals surface area contributed by atoms with Gasteiger partial charge in [-0.1, -0.05) is 13.8 Å². The van der Waals surface area contributed by atoms with Crippen molar-refractivity contribution in [1.29, 1.82) is 0 Å². The van der Waals surface area contributed by atoms with Gasteiger partial charge in [-0.25, -0.2) is 9.97 Å². The molecule has 112 valence electrons. The van der Waals surface area contributed by atoms with Crippen molar-refractivity contribution in [1.82, 2.24) is 15.3 Å². The van der Waals surface area contributed by atoms with Crippen LogP contribution in [0.3, 0.4) is 0 Å². The van der Waals surface area contributed by atoms with Crippen LogP contribution in [0.1, 0.15) is 50.9 Å². The van der Waals surface area contributed by atoms with Crippen molar-refractivity contribution in [3.63, 3.8) is 0 Å². The number of piperidine rings is 1. The minimum Gasteiger partial charge on any atom is -0.340 e. The van der Waals surface area contributed by atoms with Gasteiger partial charge in [0.15, 0.2) is 0 Å². The minimum absolute atomic E-state index is 0.451. The highest BCUT2D eigenvalue weighted by Gasteiger charge is 2.25. The van der Waals surface area contributed by atoms with E-state index in [-0.39, 0.29) is 0 Å². The first-order chi connectivity index (χ1) is 9.51. The highest BCUT2D eigenvalue weighted by atomic mass is 15.3. The van der Waals surface area contributed by atoms with Crippen LogP contribution in [0.2, 0.25) is 0 Å². The van der Waals surface area contributed by atoms with E-state index >= 15 is 0 Å². The molecule has 0 aromatic carbocycles. The van der Waals surface area contributed by atoms with Gasteiger partial charge < -0.3 is 10.2 Å². The van der Waals surface area contributed by atoms with E-state index in [2.05, 4.69) is 49.0 Å². The normalized spacial score (nSPS) is 21.3. The lowest BCUT2D eigenvalue weighted by atomic mass is 9.92. The summed E-state index contributed by atoms with van der Waals surface area (Å²) < 4.78 is 0. The molecule has 1 saturated heterocycles. The van der Waals surface area contributed by atoms with E-state index < -0.39 is 0 Å². The lowest BCUT2D eigenvalue weighted by Gasteiger charge is -2.36. The summed E-state index contributed by atoms with van der Waals surface area (Å²) in [6, 6.07) is 2.65. The lowest BCUT2D eigenvalue weighted by Crippen LogP contribution is -2.44. The molecule has 0 radical (unpaired) electrons. The standard InChI is InChI=1S/C16H28N4/c1-11(2)15-9-12(3)18-16(19-15)20-8-6-7-14(10-20)13(4)17-5/h9,11,13-14,17H,6-8,10H2,1-5H3. The Morgan fingerprint density at radius 3 is 2.70 bits per heavy atom. The first-order valence-electron chi connectivity index (χ1n) is 7.79. The summed E-state index contributed by atoms with van der Waals surface area (Å²) in [5.41, 5.74) is 2.22. The molecular formula is C16H28N4. The minimum atomic E-state index is 0.451. The quantitative estimate of drug-likeness (QED) is 0.918. The number of nitrogens with one attached hydrogen (secondary N) is 1. The molecule has 1 fully saturated rings. The van der Waals surface area contributed by atoms with Crippen molar-refractivity contribution in [3.8, 4) is 0 Å². The third kappa shape index (κ3) is 3.48. The van der Waals surface area contributed by atoms with Gasteiger partial charge in [0, 0.05) is 30.5 Å². The molecule has 0 saturated carbocycles. The number of aryl methyl sites for hydroxylation is 1. The van der Waals surface area contributed by atoms with Crippen LogP contribution in [0.15, 0.2) is 6.07 Å². The van der Waals surface area contributed by atoms with Crippen molar-refractivity contribution in [3.05, 3.63) is 17.5 Å². The summed E-state index contributed by atoms with van der Waals surface area (Å²) in [6.45, 7) is 10.8. The van der Waals surface area contributed by atoms with Crippen LogP contribution in [-0.2, 0) is 0 Å². The largest absolute Gasteiger partial charge is 0.340 e. The highest BCUT2D eigenvalue weighted by Crippen LogP contribution is 2.24. The number of hydrogen-bond donors (Lipinski definition) is 1. The monoisotopic (exact) mass is 276 g/mol. The Kier molecular flexibility index (Phi) is 4.97. The zero-order valence-corrected chi connectivity index (χ0v) is 13.5. The zero-order chi connectivity index (χ0) is 14.7. The van der Waals surface area contributed by atoms with Gasteiger partial charge in [0.2, 0.25) is 5.95 Å². The van der Waals surface area contributed by atoms with Crippen LogP contribution >= 0.6 is 0 Å². The predicted molar refractivity (Wildman–Crippen MR) is 84.3 cm³/mol. The van der Waals surface area contributed by atoms with Crippen LogP contribution in [0.25, 0.3) is 0 Å². The van der Waals surface area contributed by atoms with Crippen molar-refractivity contribution in [2.75, 3.05) is 25.0 Å². The van der Waals surface area contributed by atoms with Crippen molar-refractivity contribution in [2.24, 2.45) is 5.92 Å². The average Bonchev–Trinajstić information content (AvgIpc) is 2.45. The van der Waals surface area contributed by atoms with Crippen molar-refractivity contribution in [2.45, 2.75) is 52.5 Å². The smallest absolute Gasteiger partial charge is 0.225 e. The highest BCUT2D eigenvalue weighted by molar-refractivity contribution is 5.34. The molecule has 1 aromatic rings. The molecule has 1 aliphatic rings. The van der Waals surface area contributed by atoms with E-state index in [4.69, 9.17) is 4.98 Å². The second-order valence-corrected chi connectivity index (χ2v) is 6.31. The Bertz CT molecular complexity index is 444. The summed E-state index contributed by atoms with van der Waals surface area (Å²) in [5, 5.41) is 3.38. The van der Waals surface area contributed by atoms with Crippen LogP contribution in [0.5, 0.6) is 0 Å². The maximum absolute atomic E-state index is 4.77. The van der Waals surface area contributed by atoms with E-state index in [0.717, 1.165) is 30.4 Å². The SMILES string of the molecule is CNC(C)C1CCCN(c2nc(C)cc(C(C)C)n2)C1. The Balaban J connectivity index is 2.18. The number of rotatable bonds is 4. The third-order valence-corrected chi connectivity index (χ3v) is 4.36. The molecule has 0 amide bonds. The molecule has 2 heterocycles. The van der Waals surface area contributed by atoms with Gasteiger partial charge in [-0.3, -0.25) is 0 Å². The second kappa shape index (κ2) is 6.53. The maximum atomic E-state index is 4.77. The van der Waals surface area contributed by atoms with Crippen molar-refractivity contribution < 1.29 is 0 Å². The third-order valence-electron chi connectivity index (χ3n) is 4.36. The fraction of sp³-hybridized carbons (Fsp3) is 0.750. The van der Waals surface area contributed by atoms with E-state index in [1.54, 1.807) is 0 Å². The van der Waals surface area contributed by atoms with E-state index in [9.17, 15) is 0 Å². The fourth-order valence-corrected chi connectivity index (χ4v) is 2.85. The van der Waals surface area contributed by atoms with Crippen LogP contribution in [-0.4, -0.2) is 36.1 Å². The van der Waals surface area contributed by atoms with Crippen LogP contribution in [0.4, 0.5) is 5.95 Å². The van der Waals surface area contributed by atoms with Gasteiger partial charge in [-0.2, -0.15) is 0 Å². The molecule has 4 heteroatoms. The summed E-state index contributed by atoms with van der Waals surface area (Å²) in [6.07, 6.45) is 2.52. The van der Waals surface area contributed by atoms with Gasteiger partial charge in [-0.15, -0.1) is 0 Å². The Morgan fingerprint density at radius 2 is 2.05 bits per heavy atom. The van der Waals surface area contributed by atoms with E-state index in [1.807, 2.05) is 7.05 Å². The van der Waals surface area contributed by atoms with Crippen LogP contribution in [0, 0.1) is 12.8 Å². The topological polar surface area (TPSA) is 41.0 Å². The molecule has 0 spiro atoms. The number of anilines is 1. The van der Waals surface area contributed by atoms with Crippen LogP contribution < -0.4 is 10.2 Å². The number of hydrogen-bond acceptors (Lipinski definition) is 4. The molecular weight excluding hydrogens is 248 g/mol. The molecule has 2 rings (SSSR count). The van der Waals surface area contributed by atoms with Gasteiger partial charge in [-0.05, 0) is 51.6 Å². The molecule has 1 N–H and O–H groups in total. The molecule has 0 aliphatic carbocycles. The second-order valence-electron chi connectivity index (χ2n) is 6.31. The summed E-state index contributed by atoms with van der Waals surface area (Å²) in [7, 11) is 2.05. The molecule has 4 nitrogen and oxygen atoms in total. The Labute approximate surface area is 123 Å². The lowest BCUT2D eigenvalue weighted by molar-refractivity contribution is 0.331. The van der Waals surface area contributed by atoms with E-state index in [0.29, 0.717) is 17.9 Å². The van der Waals surface area contributed by atoms with Gasteiger partial charge in [0.25, 0.3) is 0 Å². The molecule has 1 aromatic heterocycles. The molecule has 20 heavy (non-hydrogen) atoms. The first-order valence-corrected chi connectivity index (χ1v) is 7.79.